The van der Waals surface area contributed by atoms with Crippen LogP contribution >= 0.6 is 0 Å². The van der Waals surface area contributed by atoms with E-state index >= 15 is 0 Å². The lowest BCUT2D eigenvalue weighted by Gasteiger charge is -2.27. The van der Waals surface area contributed by atoms with Crippen LogP contribution in [0.5, 0.6) is 5.75 Å². The third-order valence-corrected chi connectivity index (χ3v) is 6.80. The van der Waals surface area contributed by atoms with Crippen LogP contribution in [0.15, 0.2) is 42.5 Å². The van der Waals surface area contributed by atoms with Crippen LogP contribution in [0, 0.1) is 25.7 Å². The molecule has 202 valence electrons. The summed E-state index contributed by atoms with van der Waals surface area (Å²) in [6.07, 6.45) is 4.11. The highest BCUT2D eigenvalue weighted by molar-refractivity contribution is 5.89. The van der Waals surface area contributed by atoms with Crippen LogP contribution in [0.4, 0.5) is 21.0 Å². The SMILES string of the molecule is CCC1CCC(COC(=O)Nc2ccc(C)c(NC(=O)OC(COC)COc3ccc(C)cc3)c2)CC1. The van der Waals surface area contributed by atoms with Gasteiger partial charge in [0.1, 0.15) is 12.4 Å². The molecule has 1 saturated carbocycles. The molecule has 2 N–H and O–H groups in total. The Bertz CT molecular complexity index is 1000. The molecule has 0 saturated heterocycles. The van der Waals surface area contributed by atoms with E-state index in [-0.39, 0.29) is 13.2 Å². The largest absolute Gasteiger partial charge is 0.490 e. The number of nitrogens with one attached hydrogen (secondary N) is 2. The molecule has 3 rings (SSSR count). The number of anilines is 2. The molecule has 0 spiro atoms. The van der Waals surface area contributed by atoms with E-state index < -0.39 is 18.3 Å². The maximum atomic E-state index is 12.6. The number of aryl methyl sites for hydroxylation is 2. The van der Waals surface area contributed by atoms with Gasteiger partial charge in [-0.25, -0.2) is 9.59 Å². The minimum Gasteiger partial charge on any atom is -0.490 e. The molecular weight excluding hydrogens is 472 g/mol. The zero-order chi connectivity index (χ0) is 26.6. The third kappa shape index (κ3) is 9.61. The molecule has 0 radical (unpaired) electrons. The van der Waals surface area contributed by atoms with Gasteiger partial charge in [-0.1, -0.05) is 49.9 Å². The zero-order valence-electron chi connectivity index (χ0n) is 22.4. The molecule has 1 unspecified atom stereocenters. The van der Waals surface area contributed by atoms with Crippen LogP contribution in [0.25, 0.3) is 0 Å². The number of rotatable bonds is 11. The molecule has 2 aromatic rings. The fourth-order valence-electron chi connectivity index (χ4n) is 4.40. The Morgan fingerprint density at radius 1 is 0.919 bits per heavy atom. The summed E-state index contributed by atoms with van der Waals surface area (Å²) < 4.78 is 21.9. The van der Waals surface area contributed by atoms with Gasteiger partial charge in [0, 0.05) is 18.5 Å². The summed E-state index contributed by atoms with van der Waals surface area (Å²) in [4.78, 5) is 25.0. The van der Waals surface area contributed by atoms with Crippen LogP contribution < -0.4 is 15.4 Å². The monoisotopic (exact) mass is 512 g/mol. The van der Waals surface area contributed by atoms with Gasteiger partial charge < -0.3 is 18.9 Å². The highest BCUT2D eigenvalue weighted by Crippen LogP contribution is 2.30. The van der Waals surface area contributed by atoms with Crippen molar-refractivity contribution in [1.29, 1.82) is 0 Å². The molecule has 1 aliphatic carbocycles. The van der Waals surface area contributed by atoms with Gasteiger partial charge in [-0.2, -0.15) is 0 Å². The van der Waals surface area contributed by atoms with Gasteiger partial charge in [0.15, 0.2) is 6.10 Å². The molecule has 8 heteroatoms. The predicted molar refractivity (Wildman–Crippen MR) is 144 cm³/mol. The van der Waals surface area contributed by atoms with E-state index in [1.165, 1.54) is 26.4 Å². The highest BCUT2D eigenvalue weighted by atomic mass is 16.6. The summed E-state index contributed by atoms with van der Waals surface area (Å²) in [6, 6.07) is 12.9. The fourth-order valence-corrected chi connectivity index (χ4v) is 4.40. The molecule has 2 aromatic carbocycles. The number of carbonyl (C=O) groups excluding carboxylic acids is 2. The number of hydrogen-bond donors (Lipinski definition) is 2. The van der Waals surface area contributed by atoms with E-state index in [0.29, 0.717) is 29.6 Å². The van der Waals surface area contributed by atoms with Crippen molar-refractivity contribution in [1.82, 2.24) is 0 Å². The summed E-state index contributed by atoms with van der Waals surface area (Å²) in [5.74, 6) is 1.92. The minimum atomic E-state index is -0.639. The lowest BCUT2D eigenvalue weighted by atomic mass is 9.81. The standard InChI is InChI=1S/C29H40N2O6/c1-5-22-9-11-23(12-10-22)17-36-28(32)30-24-13-8-21(3)27(16-24)31-29(33)37-26(18-34-4)19-35-25-14-6-20(2)7-15-25/h6-8,13-16,22-23,26H,5,9-12,17-19H2,1-4H3,(H,30,32)(H,31,33). The van der Waals surface area contributed by atoms with E-state index in [2.05, 4.69) is 17.6 Å². The van der Waals surface area contributed by atoms with Gasteiger partial charge in [-0.05, 0) is 68.4 Å². The van der Waals surface area contributed by atoms with Gasteiger partial charge in [-0.15, -0.1) is 0 Å². The Morgan fingerprint density at radius 2 is 1.62 bits per heavy atom. The Kier molecular flexibility index (Phi) is 11.1. The van der Waals surface area contributed by atoms with Crippen molar-refractivity contribution in [3.8, 4) is 5.75 Å². The summed E-state index contributed by atoms with van der Waals surface area (Å²) >= 11 is 0. The molecule has 1 aliphatic rings. The highest BCUT2D eigenvalue weighted by Gasteiger charge is 2.21. The first-order valence-electron chi connectivity index (χ1n) is 13.1. The van der Waals surface area contributed by atoms with Crippen LogP contribution in [-0.4, -0.2) is 45.2 Å². The second-order valence-electron chi connectivity index (χ2n) is 9.78. The van der Waals surface area contributed by atoms with Crippen molar-refractivity contribution < 1.29 is 28.5 Å². The summed E-state index contributed by atoms with van der Waals surface area (Å²) in [6.45, 7) is 6.86. The summed E-state index contributed by atoms with van der Waals surface area (Å²) in [5.41, 5.74) is 3.00. The van der Waals surface area contributed by atoms with Gasteiger partial charge in [0.2, 0.25) is 0 Å². The Balaban J connectivity index is 1.48. The van der Waals surface area contributed by atoms with Crippen molar-refractivity contribution in [3.63, 3.8) is 0 Å². The van der Waals surface area contributed by atoms with E-state index in [0.717, 1.165) is 29.9 Å². The Morgan fingerprint density at radius 3 is 2.30 bits per heavy atom. The zero-order valence-corrected chi connectivity index (χ0v) is 22.4. The van der Waals surface area contributed by atoms with E-state index in [1.54, 1.807) is 12.1 Å². The van der Waals surface area contributed by atoms with E-state index in [9.17, 15) is 9.59 Å². The summed E-state index contributed by atoms with van der Waals surface area (Å²) in [7, 11) is 1.54. The Labute approximate surface area is 220 Å². The minimum absolute atomic E-state index is 0.150. The van der Waals surface area contributed by atoms with Crippen LogP contribution in [0.1, 0.15) is 50.2 Å². The van der Waals surface area contributed by atoms with Crippen molar-refractivity contribution in [3.05, 3.63) is 53.6 Å². The molecule has 0 heterocycles. The first kappa shape index (κ1) is 28.3. The third-order valence-electron chi connectivity index (χ3n) is 6.80. The number of benzene rings is 2. The van der Waals surface area contributed by atoms with Crippen molar-refractivity contribution in [2.24, 2.45) is 11.8 Å². The molecule has 0 aliphatic heterocycles. The van der Waals surface area contributed by atoms with E-state index in [4.69, 9.17) is 18.9 Å². The first-order chi connectivity index (χ1) is 17.9. The quantitative estimate of drug-likeness (QED) is 0.347. The molecule has 0 bridgehead atoms. The average Bonchev–Trinajstić information content (AvgIpc) is 2.89. The second kappa shape index (κ2) is 14.5. The fraction of sp³-hybridized carbons (Fsp3) is 0.517. The molecule has 37 heavy (non-hydrogen) atoms. The normalized spacial score (nSPS) is 17.9. The molecule has 1 atom stereocenters. The predicted octanol–water partition coefficient (Wildman–Crippen LogP) is 6.71. The molecule has 1 fully saturated rings. The first-order valence-corrected chi connectivity index (χ1v) is 13.1. The number of methoxy groups -OCH3 is 1. The van der Waals surface area contributed by atoms with Crippen LogP contribution in [0.3, 0.4) is 0 Å². The average molecular weight is 513 g/mol. The molecule has 8 nitrogen and oxygen atoms in total. The lowest BCUT2D eigenvalue weighted by Crippen LogP contribution is -2.31. The molecule has 2 amide bonds. The molecular formula is C29H40N2O6. The van der Waals surface area contributed by atoms with Crippen molar-refractivity contribution >= 4 is 23.6 Å². The number of hydrogen-bond acceptors (Lipinski definition) is 6. The van der Waals surface area contributed by atoms with Gasteiger partial charge in [-0.3, -0.25) is 10.6 Å². The smallest absolute Gasteiger partial charge is 0.412 e. The lowest BCUT2D eigenvalue weighted by molar-refractivity contribution is 0.0197. The van der Waals surface area contributed by atoms with Crippen molar-refractivity contribution in [2.45, 2.75) is 59.0 Å². The van der Waals surface area contributed by atoms with Gasteiger partial charge in [0.25, 0.3) is 0 Å². The van der Waals surface area contributed by atoms with E-state index in [1.807, 2.05) is 44.2 Å². The number of ether oxygens (including phenoxy) is 4. The summed E-state index contributed by atoms with van der Waals surface area (Å²) in [5, 5.41) is 5.50. The van der Waals surface area contributed by atoms with Gasteiger partial charge in [0.05, 0.1) is 13.2 Å². The maximum absolute atomic E-state index is 12.6. The van der Waals surface area contributed by atoms with Crippen LogP contribution in [0.2, 0.25) is 0 Å². The van der Waals surface area contributed by atoms with Crippen molar-refractivity contribution in [2.75, 3.05) is 37.6 Å². The van der Waals surface area contributed by atoms with Gasteiger partial charge >= 0.3 is 12.2 Å². The second-order valence-corrected chi connectivity index (χ2v) is 9.78. The number of carbonyl (C=O) groups is 2. The number of amides is 2. The molecule has 0 aromatic heterocycles. The van der Waals surface area contributed by atoms with Crippen LogP contribution in [-0.2, 0) is 14.2 Å². The maximum Gasteiger partial charge on any atom is 0.412 e. The topological polar surface area (TPSA) is 95.1 Å². The Hall–Kier alpha value is -3.26.